The van der Waals surface area contributed by atoms with Gasteiger partial charge in [-0.3, -0.25) is 0 Å². The van der Waals surface area contributed by atoms with Crippen molar-refractivity contribution in [1.29, 1.82) is 0 Å². The standard InChI is InChI=1S/C14H26N6OP/c1-2-9-17(8-1)22(18-10-3-4-11-18,19-12-5-6-13-19)21-20-14-7-15-16-20/h7,14H,1-6,8-13H2/q+1. The van der Waals surface area contributed by atoms with Crippen LogP contribution in [-0.4, -0.2) is 68.4 Å². The molecule has 0 aromatic carbocycles. The second-order valence-corrected chi connectivity index (χ2v) is 9.27. The van der Waals surface area contributed by atoms with Crippen molar-refractivity contribution >= 4 is 7.94 Å². The summed E-state index contributed by atoms with van der Waals surface area (Å²) in [4.78, 5) is 1.60. The van der Waals surface area contributed by atoms with E-state index in [9.17, 15) is 0 Å². The van der Waals surface area contributed by atoms with Crippen molar-refractivity contribution in [3.63, 3.8) is 0 Å². The van der Waals surface area contributed by atoms with Gasteiger partial charge in [-0.2, -0.15) is 4.62 Å². The zero-order valence-corrected chi connectivity index (χ0v) is 14.1. The van der Waals surface area contributed by atoms with E-state index in [1.807, 2.05) is 6.20 Å². The van der Waals surface area contributed by atoms with Crippen LogP contribution in [0.25, 0.3) is 0 Å². The molecular weight excluding hydrogens is 299 g/mol. The first kappa shape index (κ1) is 14.8. The van der Waals surface area contributed by atoms with Gasteiger partial charge in [-0.1, -0.05) is 0 Å². The van der Waals surface area contributed by atoms with E-state index in [-0.39, 0.29) is 0 Å². The van der Waals surface area contributed by atoms with Crippen molar-refractivity contribution in [1.82, 2.24) is 29.2 Å². The molecule has 1 aromatic heterocycles. The van der Waals surface area contributed by atoms with Crippen LogP contribution in [0.5, 0.6) is 0 Å². The van der Waals surface area contributed by atoms with Gasteiger partial charge in [0.1, 0.15) is 0 Å². The van der Waals surface area contributed by atoms with Crippen LogP contribution in [0.4, 0.5) is 0 Å². The Morgan fingerprint density at radius 1 is 0.727 bits per heavy atom. The summed E-state index contributed by atoms with van der Waals surface area (Å²) in [7, 11) is -1.97. The molecule has 0 radical (unpaired) electrons. The summed E-state index contributed by atoms with van der Waals surface area (Å²) in [5.41, 5.74) is 0. The summed E-state index contributed by atoms with van der Waals surface area (Å²) in [6.07, 6.45) is 11.2. The van der Waals surface area contributed by atoms with E-state index in [1.54, 1.807) is 11.0 Å². The zero-order chi connectivity index (χ0) is 14.8. The van der Waals surface area contributed by atoms with E-state index < -0.39 is 7.94 Å². The molecule has 0 unspecified atom stereocenters. The molecule has 0 bridgehead atoms. The average molecular weight is 325 g/mol. The van der Waals surface area contributed by atoms with Crippen LogP contribution in [0.3, 0.4) is 0 Å². The van der Waals surface area contributed by atoms with Crippen LogP contribution in [0, 0.1) is 0 Å². The predicted octanol–water partition coefficient (Wildman–Crippen LogP) is 1.67. The Kier molecular flexibility index (Phi) is 4.31. The van der Waals surface area contributed by atoms with Crippen molar-refractivity contribution in [3.05, 3.63) is 12.4 Å². The molecule has 0 N–H and O–H groups in total. The summed E-state index contributed by atoms with van der Waals surface area (Å²) in [6.45, 7) is 6.89. The molecule has 0 aliphatic carbocycles. The monoisotopic (exact) mass is 325 g/mol. The number of rotatable bonds is 5. The van der Waals surface area contributed by atoms with Gasteiger partial charge in [0.2, 0.25) is 0 Å². The van der Waals surface area contributed by atoms with Gasteiger partial charge < -0.3 is 0 Å². The maximum Gasteiger partial charge on any atom is 0.451 e. The van der Waals surface area contributed by atoms with Gasteiger partial charge in [0, 0.05) is 39.3 Å². The molecule has 1 aromatic rings. The highest BCUT2D eigenvalue weighted by Gasteiger charge is 2.63. The van der Waals surface area contributed by atoms with Crippen molar-refractivity contribution in [2.45, 2.75) is 38.5 Å². The first-order valence-corrected chi connectivity index (χ1v) is 10.2. The molecule has 7 nitrogen and oxygen atoms in total. The van der Waals surface area contributed by atoms with E-state index >= 15 is 0 Å². The minimum absolute atomic E-state index is 1.15. The first-order valence-electron chi connectivity index (χ1n) is 8.61. The highest BCUT2D eigenvalue weighted by Crippen LogP contribution is 2.68. The van der Waals surface area contributed by atoms with E-state index in [1.165, 1.54) is 38.5 Å². The Morgan fingerprint density at radius 2 is 1.18 bits per heavy atom. The van der Waals surface area contributed by atoms with Gasteiger partial charge in [-0.25, -0.2) is 0 Å². The lowest BCUT2D eigenvalue weighted by atomic mass is 10.4. The summed E-state index contributed by atoms with van der Waals surface area (Å²) < 4.78 is 14.5. The first-order chi connectivity index (χ1) is 10.9. The van der Waals surface area contributed by atoms with Crippen molar-refractivity contribution in [2.75, 3.05) is 39.3 Å². The van der Waals surface area contributed by atoms with E-state index in [0.717, 1.165) is 39.3 Å². The van der Waals surface area contributed by atoms with E-state index in [0.29, 0.717) is 0 Å². The molecule has 3 fully saturated rings. The van der Waals surface area contributed by atoms with Gasteiger partial charge in [0.15, 0.2) is 0 Å². The quantitative estimate of drug-likeness (QED) is 0.768. The van der Waals surface area contributed by atoms with Crippen LogP contribution >= 0.6 is 7.94 Å². The smallest absolute Gasteiger partial charge is 0.184 e. The summed E-state index contributed by atoms with van der Waals surface area (Å²) in [6, 6.07) is 0. The van der Waals surface area contributed by atoms with Crippen LogP contribution in [-0.2, 0) is 0 Å². The maximum atomic E-state index is 6.63. The second kappa shape index (κ2) is 6.40. The molecular formula is C14H26N6OP+. The van der Waals surface area contributed by atoms with Crippen LogP contribution in [0.15, 0.2) is 12.4 Å². The molecule has 8 heteroatoms. The van der Waals surface area contributed by atoms with Crippen LogP contribution < -0.4 is 4.62 Å². The molecule has 0 amide bonds. The number of hydrogen-bond donors (Lipinski definition) is 0. The molecule has 3 saturated heterocycles. The normalized spacial score (nSPS) is 25.3. The SMILES string of the molecule is c1cn(O[P+](N2CCCC2)(N2CCCC2)N2CCCC2)nn1. The van der Waals surface area contributed by atoms with Crippen LogP contribution in [0.1, 0.15) is 38.5 Å². The Hall–Kier alpha value is -0.750. The lowest BCUT2D eigenvalue weighted by Crippen LogP contribution is -2.47. The molecule has 4 heterocycles. The Balaban J connectivity index is 1.71. The molecule has 122 valence electrons. The van der Waals surface area contributed by atoms with Gasteiger partial charge in [-0.05, 0) is 48.6 Å². The fourth-order valence-corrected chi connectivity index (χ4v) is 8.03. The van der Waals surface area contributed by atoms with E-state index in [4.69, 9.17) is 4.62 Å². The predicted molar refractivity (Wildman–Crippen MR) is 85.9 cm³/mol. The third-order valence-corrected chi connectivity index (χ3v) is 8.74. The Morgan fingerprint density at radius 3 is 1.55 bits per heavy atom. The average Bonchev–Trinajstić information content (AvgIpc) is 3.36. The van der Waals surface area contributed by atoms with Gasteiger partial charge in [0.05, 0.1) is 12.4 Å². The van der Waals surface area contributed by atoms with Gasteiger partial charge in [0.25, 0.3) is 0 Å². The molecule has 3 aliphatic rings. The third kappa shape index (κ3) is 2.54. The second-order valence-electron chi connectivity index (χ2n) is 6.38. The molecule has 0 atom stereocenters. The van der Waals surface area contributed by atoms with Gasteiger partial charge in [-0.15, -0.1) is 19.1 Å². The lowest BCUT2D eigenvalue weighted by molar-refractivity contribution is 0.161. The van der Waals surface area contributed by atoms with Crippen molar-refractivity contribution < 1.29 is 4.62 Å². The third-order valence-electron chi connectivity index (χ3n) is 4.95. The fraction of sp³-hybridized carbons (Fsp3) is 0.857. The maximum absolute atomic E-state index is 6.63. The highest BCUT2D eigenvalue weighted by molar-refractivity contribution is 7.64. The Bertz CT molecular complexity index is 425. The lowest BCUT2D eigenvalue weighted by Gasteiger charge is -2.39. The van der Waals surface area contributed by atoms with Gasteiger partial charge >= 0.3 is 7.94 Å². The number of hydrogen-bond acceptors (Lipinski definition) is 6. The van der Waals surface area contributed by atoms with E-state index in [2.05, 4.69) is 24.3 Å². The zero-order valence-electron chi connectivity index (χ0n) is 13.2. The minimum atomic E-state index is -1.97. The summed E-state index contributed by atoms with van der Waals surface area (Å²) in [5.74, 6) is 0. The molecule has 3 aliphatic heterocycles. The topological polar surface area (TPSA) is 49.7 Å². The molecule has 22 heavy (non-hydrogen) atoms. The molecule has 4 rings (SSSR count). The molecule has 0 spiro atoms. The fourth-order valence-electron chi connectivity index (χ4n) is 3.93. The number of nitrogens with zero attached hydrogens (tertiary/aromatic N) is 6. The Labute approximate surface area is 132 Å². The number of aromatic nitrogens is 3. The van der Waals surface area contributed by atoms with Crippen molar-refractivity contribution in [2.24, 2.45) is 0 Å². The minimum Gasteiger partial charge on any atom is -0.184 e. The van der Waals surface area contributed by atoms with Crippen molar-refractivity contribution in [3.8, 4) is 0 Å². The highest BCUT2D eigenvalue weighted by atomic mass is 31.2. The summed E-state index contributed by atoms with van der Waals surface area (Å²) >= 11 is 0. The van der Waals surface area contributed by atoms with Crippen LogP contribution in [0.2, 0.25) is 0 Å². The largest absolute Gasteiger partial charge is 0.451 e. The molecule has 0 saturated carbocycles. The summed E-state index contributed by atoms with van der Waals surface area (Å²) in [5, 5.41) is 8.04.